The lowest BCUT2D eigenvalue weighted by atomic mass is 10.2. The summed E-state index contributed by atoms with van der Waals surface area (Å²) in [6.07, 6.45) is 0. The Morgan fingerprint density at radius 3 is 3.21 bits per heavy atom. The van der Waals surface area contributed by atoms with E-state index < -0.39 is 5.76 Å². The van der Waals surface area contributed by atoms with Crippen molar-refractivity contribution in [1.82, 2.24) is 9.72 Å². The number of rotatable bonds is 0. The predicted octanol–water partition coefficient (Wildman–Crippen LogP) is 1.43. The molecular formula is C9H6N2O2S. The van der Waals surface area contributed by atoms with Crippen LogP contribution in [0.25, 0.3) is 5.69 Å². The molecule has 2 heterocycles. The molecule has 1 aromatic carbocycles. The van der Waals surface area contributed by atoms with Gasteiger partial charge < -0.3 is 0 Å². The van der Waals surface area contributed by atoms with Crippen LogP contribution in [0.3, 0.4) is 0 Å². The quantitative estimate of drug-likeness (QED) is 0.654. The second kappa shape index (κ2) is 2.75. The van der Waals surface area contributed by atoms with Crippen molar-refractivity contribution >= 4 is 11.8 Å². The Balaban J connectivity index is 2.38. The molecule has 14 heavy (non-hydrogen) atoms. The van der Waals surface area contributed by atoms with Gasteiger partial charge in [0, 0.05) is 5.75 Å². The van der Waals surface area contributed by atoms with Crippen molar-refractivity contribution in [3.63, 3.8) is 0 Å². The van der Waals surface area contributed by atoms with Crippen molar-refractivity contribution in [2.24, 2.45) is 0 Å². The lowest BCUT2D eigenvalue weighted by Crippen LogP contribution is -2.16. The highest BCUT2D eigenvalue weighted by Gasteiger charge is 2.20. The van der Waals surface area contributed by atoms with Gasteiger partial charge in [-0.25, -0.2) is 9.36 Å². The van der Waals surface area contributed by atoms with E-state index in [0.717, 1.165) is 17.0 Å². The van der Waals surface area contributed by atoms with E-state index in [1.807, 2.05) is 24.3 Å². The number of hydrogen-bond donors (Lipinski definition) is 0. The number of nitrogens with zero attached hydrogens (tertiary/aromatic N) is 2. The molecule has 0 aliphatic carbocycles. The fourth-order valence-electron chi connectivity index (χ4n) is 1.52. The van der Waals surface area contributed by atoms with Gasteiger partial charge in [-0.2, -0.15) is 0 Å². The van der Waals surface area contributed by atoms with Gasteiger partial charge in [0.25, 0.3) is 0 Å². The summed E-state index contributed by atoms with van der Waals surface area (Å²) in [5, 5.41) is 4.33. The van der Waals surface area contributed by atoms with E-state index in [4.69, 9.17) is 0 Å². The topological polar surface area (TPSA) is 48.0 Å². The maximum atomic E-state index is 11.3. The van der Waals surface area contributed by atoms with Crippen LogP contribution in [-0.4, -0.2) is 9.72 Å². The molecule has 1 aliphatic heterocycles. The molecule has 0 fully saturated rings. The van der Waals surface area contributed by atoms with Crippen molar-refractivity contribution in [1.29, 1.82) is 0 Å². The number of para-hydroxylation sites is 1. The van der Waals surface area contributed by atoms with Crippen LogP contribution in [-0.2, 0) is 5.75 Å². The zero-order valence-electron chi connectivity index (χ0n) is 7.14. The molecule has 4 nitrogen and oxygen atoms in total. The van der Waals surface area contributed by atoms with Gasteiger partial charge in [0.15, 0.2) is 0 Å². The summed E-state index contributed by atoms with van der Waals surface area (Å²) >= 11 is 1.51. The lowest BCUT2D eigenvalue weighted by molar-refractivity contribution is 0.374. The summed E-state index contributed by atoms with van der Waals surface area (Å²) in [5.74, 6) is 0.418. The minimum atomic E-state index is -0.417. The van der Waals surface area contributed by atoms with Crippen molar-refractivity contribution in [3.05, 3.63) is 40.4 Å². The minimum Gasteiger partial charge on any atom is -0.295 e. The maximum Gasteiger partial charge on any atom is 0.446 e. The van der Waals surface area contributed by atoms with Crippen molar-refractivity contribution in [3.8, 4) is 5.69 Å². The van der Waals surface area contributed by atoms with Gasteiger partial charge in [-0.15, -0.1) is 0 Å². The van der Waals surface area contributed by atoms with Crippen LogP contribution in [0.1, 0.15) is 5.56 Å². The summed E-state index contributed by atoms with van der Waals surface area (Å²) in [7, 11) is 0. The van der Waals surface area contributed by atoms with E-state index in [1.54, 1.807) is 0 Å². The zero-order valence-corrected chi connectivity index (χ0v) is 7.95. The zero-order chi connectivity index (χ0) is 9.54. The van der Waals surface area contributed by atoms with Gasteiger partial charge in [0.2, 0.25) is 5.16 Å². The van der Waals surface area contributed by atoms with E-state index in [1.165, 1.54) is 16.3 Å². The summed E-state index contributed by atoms with van der Waals surface area (Å²) in [6, 6.07) is 7.77. The van der Waals surface area contributed by atoms with Gasteiger partial charge in [0.05, 0.1) is 5.69 Å². The van der Waals surface area contributed by atoms with Crippen LogP contribution >= 0.6 is 11.8 Å². The molecule has 0 saturated carbocycles. The molecule has 0 unspecified atom stereocenters. The molecule has 5 heteroatoms. The smallest absolute Gasteiger partial charge is 0.295 e. The molecular weight excluding hydrogens is 200 g/mol. The molecule has 0 amide bonds. The third-order valence-corrected chi connectivity index (χ3v) is 3.14. The number of thioether (sulfide) groups is 1. The van der Waals surface area contributed by atoms with E-state index >= 15 is 0 Å². The molecule has 1 aliphatic rings. The highest BCUT2D eigenvalue weighted by Crippen LogP contribution is 2.30. The summed E-state index contributed by atoms with van der Waals surface area (Å²) in [4.78, 5) is 11.3. The van der Waals surface area contributed by atoms with Crippen LogP contribution < -0.4 is 5.76 Å². The monoisotopic (exact) mass is 206 g/mol. The number of hydrogen-bond acceptors (Lipinski definition) is 4. The average Bonchev–Trinajstić information content (AvgIpc) is 2.61. The van der Waals surface area contributed by atoms with Crippen LogP contribution in [0.15, 0.2) is 38.7 Å². The normalized spacial score (nSPS) is 13.4. The van der Waals surface area contributed by atoms with Crippen molar-refractivity contribution < 1.29 is 4.52 Å². The Morgan fingerprint density at radius 2 is 2.29 bits per heavy atom. The fraction of sp³-hybridized carbons (Fsp3) is 0.111. The lowest BCUT2D eigenvalue weighted by Gasteiger charge is -2.14. The Bertz CT molecular complexity index is 544. The first-order valence-electron chi connectivity index (χ1n) is 4.16. The van der Waals surface area contributed by atoms with Gasteiger partial charge in [0.1, 0.15) is 0 Å². The summed E-state index contributed by atoms with van der Waals surface area (Å²) < 4.78 is 6.11. The highest BCUT2D eigenvalue weighted by atomic mass is 32.2. The summed E-state index contributed by atoms with van der Waals surface area (Å²) in [6.45, 7) is 0. The highest BCUT2D eigenvalue weighted by molar-refractivity contribution is 7.98. The van der Waals surface area contributed by atoms with E-state index in [2.05, 4.69) is 9.68 Å². The first kappa shape index (κ1) is 7.87. The first-order chi connectivity index (χ1) is 6.86. The Labute approximate surface area is 83.5 Å². The molecule has 70 valence electrons. The van der Waals surface area contributed by atoms with Crippen LogP contribution in [0.2, 0.25) is 0 Å². The van der Waals surface area contributed by atoms with Crippen molar-refractivity contribution in [2.45, 2.75) is 10.9 Å². The largest absolute Gasteiger partial charge is 0.446 e. The molecule has 0 spiro atoms. The van der Waals surface area contributed by atoms with Gasteiger partial charge in [-0.05, 0) is 16.8 Å². The molecule has 0 atom stereocenters. The Kier molecular flexibility index (Phi) is 1.55. The first-order valence-corrected chi connectivity index (χ1v) is 5.14. The maximum absolute atomic E-state index is 11.3. The number of benzene rings is 1. The van der Waals surface area contributed by atoms with E-state index in [0.29, 0.717) is 5.16 Å². The van der Waals surface area contributed by atoms with E-state index in [9.17, 15) is 4.79 Å². The molecule has 2 aromatic rings. The molecule has 3 rings (SSSR count). The SMILES string of the molecule is O=c1onc2n1-c1ccccc1CS2. The van der Waals surface area contributed by atoms with Crippen molar-refractivity contribution in [2.75, 3.05) is 0 Å². The predicted molar refractivity (Wildman–Crippen MR) is 51.7 cm³/mol. The van der Waals surface area contributed by atoms with Gasteiger partial charge >= 0.3 is 5.76 Å². The average molecular weight is 206 g/mol. The molecule has 0 saturated heterocycles. The third-order valence-electron chi connectivity index (χ3n) is 2.16. The Morgan fingerprint density at radius 1 is 1.43 bits per heavy atom. The standard InChI is InChI=1S/C9H6N2O2S/c12-9-11-7-4-2-1-3-6(7)5-14-8(11)10-13-9/h1-4H,5H2. The van der Waals surface area contributed by atoms with Gasteiger partial charge in [-0.3, -0.25) is 4.52 Å². The van der Waals surface area contributed by atoms with E-state index in [-0.39, 0.29) is 0 Å². The number of aromatic nitrogens is 2. The third kappa shape index (κ3) is 0.957. The number of fused-ring (bicyclic) bond motifs is 3. The second-order valence-electron chi connectivity index (χ2n) is 2.98. The fourth-order valence-corrected chi connectivity index (χ4v) is 2.44. The minimum absolute atomic E-state index is 0.417. The molecule has 0 radical (unpaired) electrons. The molecule has 0 bridgehead atoms. The molecule has 0 N–H and O–H groups in total. The Hall–Kier alpha value is -1.49. The van der Waals surface area contributed by atoms with Gasteiger partial charge in [-0.1, -0.05) is 30.0 Å². The second-order valence-corrected chi connectivity index (χ2v) is 3.93. The molecule has 1 aromatic heterocycles. The van der Waals surface area contributed by atoms with Crippen LogP contribution in [0.4, 0.5) is 0 Å². The van der Waals surface area contributed by atoms with Crippen LogP contribution in [0.5, 0.6) is 0 Å². The summed E-state index contributed by atoms with van der Waals surface area (Å²) in [5.41, 5.74) is 2.02. The van der Waals surface area contributed by atoms with Crippen LogP contribution in [0, 0.1) is 0 Å².